The van der Waals surface area contributed by atoms with Gasteiger partial charge in [0, 0.05) is 20.1 Å². The first-order chi connectivity index (χ1) is 13.2. The molecule has 0 aromatic heterocycles. The number of ether oxygens (including phenoxy) is 1. The number of methoxy groups -OCH3 is 1. The topological polar surface area (TPSA) is 74.8 Å². The van der Waals surface area contributed by atoms with E-state index in [-0.39, 0.29) is 12.5 Å². The van der Waals surface area contributed by atoms with Crippen molar-refractivity contribution in [1.29, 1.82) is 0 Å². The van der Waals surface area contributed by atoms with Crippen molar-refractivity contribution in [2.75, 3.05) is 33.8 Å². The number of rotatable bonds is 9. The van der Waals surface area contributed by atoms with Crippen LogP contribution in [0.4, 0.5) is 0 Å². The minimum absolute atomic E-state index is 0.0568. The van der Waals surface area contributed by atoms with E-state index in [4.69, 9.17) is 4.74 Å². The summed E-state index contributed by atoms with van der Waals surface area (Å²) >= 11 is 0. The van der Waals surface area contributed by atoms with E-state index >= 15 is 0 Å². The van der Waals surface area contributed by atoms with E-state index in [9.17, 15) is 4.79 Å². The van der Waals surface area contributed by atoms with Crippen LogP contribution in [0.3, 0.4) is 0 Å². The second-order valence-corrected chi connectivity index (χ2v) is 6.00. The Morgan fingerprint density at radius 3 is 2.37 bits per heavy atom. The maximum atomic E-state index is 12.0. The van der Waals surface area contributed by atoms with Gasteiger partial charge in [-0.15, -0.1) is 0 Å². The average Bonchev–Trinajstić information content (AvgIpc) is 2.71. The smallest absolute Gasteiger partial charge is 0.239 e. The van der Waals surface area contributed by atoms with E-state index in [1.807, 2.05) is 42.5 Å². The van der Waals surface area contributed by atoms with Crippen LogP contribution in [0.25, 0.3) is 0 Å². The fourth-order valence-electron chi connectivity index (χ4n) is 2.66. The van der Waals surface area contributed by atoms with Gasteiger partial charge in [0.1, 0.15) is 5.75 Å². The molecule has 3 N–H and O–H groups in total. The highest BCUT2D eigenvalue weighted by atomic mass is 16.5. The van der Waals surface area contributed by atoms with Gasteiger partial charge in [-0.05, 0) is 30.0 Å². The normalized spacial score (nSPS) is 11.0. The Hall–Kier alpha value is -3.02. The van der Waals surface area contributed by atoms with Crippen molar-refractivity contribution in [3.05, 3.63) is 65.7 Å². The number of benzene rings is 2. The summed E-state index contributed by atoms with van der Waals surface area (Å²) in [5, 5.41) is 9.15. The van der Waals surface area contributed by atoms with E-state index in [1.54, 1.807) is 14.2 Å². The molecule has 144 valence electrons. The van der Waals surface area contributed by atoms with Gasteiger partial charge in [0.05, 0.1) is 13.7 Å². The summed E-state index contributed by atoms with van der Waals surface area (Å²) in [6, 6.07) is 18.0. The summed E-state index contributed by atoms with van der Waals surface area (Å²) in [5.74, 6) is 1.42. The maximum absolute atomic E-state index is 12.0. The van der Waals surface area contributed by atoms with Crippen LogP contribution in [-0.2, 0) is 17.6 Å². The number of para-hydroxylation sites is 1. The van der Waals surface area contributed by atoms with Gasteiger partial charge in [0.25, 0.3) is 0 Å². The van der Waals surface area contributed by atoms with Crippen molar-refractivity contribution in [3.8, 4) is 5.75 Å². The molecule has 0 heterocycles. The predicted octanol–water partition coefficient (Wildman–Crippen LogP) is 1.76. The molecule has 0 unspecified atom stereocenters. The van der Waals surface area contributed by atoms with Gasteiger partial charge in [0.2, 0.25) is 5.91 Å². The molecule has 0 radical (unpaired) electrons. The highest BCUT2D eigenvalue weighted by molar-refractivity contribution is 5.86. The molecule has 0 aliphatic heterocycles. The third kappa shape index (κ3) is 7.40. The fraction of sp³-hybridized carbons (Fsp3) is 0.333. The number of guanidine groups is 1. The molecule has 2 rings (SSSR count). The summed E-state index contributed by atoms with van der Waals surface area (Å²) in [7, 11) is 3.36. The van der Waals surface area contributed by atoms with Gasteiger partial charge in [-0.3, -0.25) is 9.79 Å². The zero-order valence-electron chi connectivity index (χ0n) is 16.0. The Morgan fingerprint density at radius 1 is 0.926 bits per heavy atom. The van der Waals surface area contributed by atoms with E-state index < -0.39 is 0 Å². The zero-order valence-corrected chi connectivity index (χ0v) is 16.0. The van der Waals surface area contributed by atoms with Crippen LogP contribution in [0.1, 0.15) is 11.1 Å². The number of hydrogen-bond acceptors (Lipinski definition) is 3. The first-order valence-corrected chi connectivity index (χ1v) is 9.10. The second-order valence-electron chi connectivity index (χ2n) is 6.00. The summed E-state index contributed by atoms with van der Waals surface area (Å²) in [6.45, 7) is 1.49. The molecule has 2 aromatic rings. The van der Waals surface area contributed by atoms with Crippen molar-refractivity contribution in [1.82, 2.24) is 16.0 Å². The lowest BCUT2D eigenvalue weighted by atomic mass is 10.1. The van der Waals surface area contributed by atoms with Crippen molar-refractivity contribution in [2.24, 2.45) is 4.99 Å². The van der Waals surface area contributed by atoms with Crippen LogP contribution in [0.2, 0.25) is 0 Å². The van der Waals surface area contributed by atoms with Crippen LogP contribution >= 0.6 is 0 Å². The Bertz CT molecular complexity index is 732. The molecule has 0 aliphatic rings. The number of aliphatic imine (C=N–C) groups is 1. The van der Waals surface area contributed by atoms with E-state index in [0.29, 0.717) is 19.0 Å². The summed E-state index contributed by atoms with van der Waals surface area (Å²) < 4.78 is 5.35. The molecule has 27 heavy (non-hydrogen) atoms. The van der Waals surface area contributed by atoms with Gasteiger partial charge < -0.3 is 20.7 Å². The second kappa shape index (κ2) is 11.6. The SMILES string of the molecule is CN=C(NCCc1ccccc1OC)NCC(=O)NCCc1ccccc1. The molecule has 0 bridgehead atoms. The quantitative estimate of drug-likeness (QED) is 0.466. The van der Waals surface area contributed by atoms with E-state index in [1.165, 1.54) is 5.56 Å². The summed E-state index contributed by atoms with van der Waals surface area (Å²) in [5.41, 5.74) is 2.33. The monoisotopic (exact) mass is 368 g/mol. The van der Waals surface area contributed by atoms with Crippen molar-refractivity contribution in [3.63, 3.8) is 0 Å². The van der Waals surface area contributed by atoms with Crippen LogP contribution < -0.4 is 20.7 Å². The average molecular weight is 368 g/mol. The lowest BCUT2D eigenvalue weighted by molar-refractivity contribution is -0.119. The molecule has 6 nitrogen and oxygen atoms in total. The molecule has 6 heteroatoms. The molecule has 0 saturated carbocycles. The molecular formula is C21H28N4O2. The molecule has 1 amide bonds. The molecule has 0 fully saturated rings. The number of carbonyl (C=O) groups excluding carboxylic acids is 1. The highest BCUT2D eigenvalue weighted by Crippen LogP contribution is 2.17. The fourth-order valence-corrected chi connectivity index (χ4v) is 2.66. The number of carbonyl (C=O) groups is 1. The predicted molar refractivity (Wildman–Crippen MR) is 109 cm³/mol. The minimum atomic E-state index is -0.0568. The van der Waals surface area contributed by atoms with Gasteiger partial charge in [0.15, 0.2) is 5.96 Å². The summed E-state index contributed by atoms with van der Waals surface area (Å²) in [4.78, 5) is 16.1. The largest absolute Gasteiger partial charge is 0.496 e. The molecule has 2 aromatic carbocycles. The van der Waals surface area contributed by atoms with Gasteiger partial charge in [-0.25, -0.2) is 0 Å². The molecule has 0 spiro atoms. The molecule has 0 saturated heterocycles. The van der Waals surface area contributed by atoms with Crippen LogP contribution in [0, 0.1) is 0 Å². The Labute approximate surface area is 161 Å². The lowest BCUT2D eigenvalue weighted by Crippen LogP contribution is -2.44. The number of amides is 1. The minimum Gasteiger partial charge on any atom is -0.496 e. The number of nitrogens with one attached hydrogen (secondary N) is 3. The van der Waals surface area contributed by atoms with Crippen molar-refractivity contribution >= 4 is 11.9 Å². The van der Waals surface area contributed by atoms with Crippen LogP contribution in [-0.4, -0.2) is 45.7 Å². The summed E-state index contributed by atoms with van der Waals surface area (Å²) in [6.07, 6.45) is 1.62. The Morgan fingerprint density at radius 2 is 1.63 bits per heavy atom. The van der Waals surface area contributed by atoms with Gasteiger partial charge in [-0.1, -0.05) is 48.5 Å². The Kier molecular flexibility index (Phi) is 8.69. The lowest BCUT2D eigenvalue weighted by Gasteiger charge is -2.13. The zero-order chi connectivity index (χ0) is 19.3. The highest BCUT2D eigenvalue weighted by Gasteiger charge is 2.05. The van der Waals surface area contributed by atoms with Gasteiger partial charge >= 0.3 is 0 Å². The molecule has 0 atom stereocenters. The first-order valence-electron chi connectivity index (χ1n) is 9.10. The molecule has 0 aliphatic carbocycles. The van der Waals surface area contributed by atoms with E-state index in [0.717, 1.165) is 24.2 Å². The first kappa shape index (κ1) is 20.3. The third-order valence-electron chi connectivity index (χ3n) is 4.10. The molecular weight excluding hydrogens is 340 g/mol. The number of hydrogen-bond donors (Lipinski definition) is 3. The van der Waals surface area contributed by atoms with Crippen molar-refractivity contribution < 1.29 is 9.53 Å². The van der Waals surface area contributed by atoms with Crippen LogP contribution in [0.5, 0.6) is 5.75 Å². The maximum Gasteiger partial charge on any atom is 0.239 e. The van der Waals surface area contributed by atoms with Gasteiger partial charge in [-0.2, -0.15) is 0 Å². The number of nitrogens with zero attached hydrogens (tertiary/aromatic N) is 1. The van der Waals surface area contributed by atoms with Crippen LogP contribution in [0.15, 0.2) is 59.6 Å². The Balaban J connectivity index is 1.65. The van der Waals surface area contributed by atoms with E-state index in [2.05, 4.69) is 33.1 Å². The standard InChI is InChI=1S/C21H28N4O2/c1-22-21(24-15-13-18-10-6-7-11-19(18)27-2)25-16-20(26)23-14-12-17-8-4-3-5-9-17/h3-11H,12-16H2,1-2H3,(H,23,26)(H2,22,24,25). The third-order valence-corrected chi connectivity index (χ3v) is 4.10. The van der Waals surface area contributed by atoms with Crippen molar-refractivity contribution in [2.45, 2.75) is 12.8 Å².